The van der Waals surface area contributed by atoms with Crippen molar-refractivity contribution >= 4 is 86.9 Å². The van der Waals surface area contributed by atoms with Crippen LogP contribution in [0.5, 0.6) is 0 Å². The zero-order chi connectivity index (χ0) is 85.1. The number of hydrogen-bond acceptors (Lipinski definition) is 26. The molecule has 4 fully saturated rings. The third kappa shape index (κ3) is 35.8. The van der Waals surface area contributed by atoms with Crippen molar-refractivity contribution in [3.63, 3.8) is 0 Å². The van der Waals surface area contributed by atoms with E-state index >= 15 is 0 Å². The molecule has 0 spiro atoms. The summed E-state index contributed by atoms with van der Waals surface area (Å²) in [4.78, 5) is 146. The SMILES string of the molecule is CC(C)C[C@@H](C(=O)O[C@H](C)C(=O)OCc1ccccc1)N(C)C(=O)[C@@H](Cc1ccc(N2CCOCC2)nc1)OC(=O)[C@H](CC1CC1)N(C)C(=O)OC(C)(C)C.CN(C(=O)OC(C)(C)C)[C@@H](CC1CC1)C(=O)O[C@H](Cc1ccc(N2CCOCC2)nc1)C(=O)O.CN[C@@H](CC(C)C)C(=O)O[C@H](C)C(=O)OCc1ccccc1.C[B]P=O. The molecule has 2 aliphatic carbocycles. The number of rotatable bonds is 35. The normalized spacial score (nSPS) is 16.1. The first-order chi connectivity index (χ1) is 54.4. The van der Waals surface area contributed by atoms with E-state index in [0.717, 1.165) is 61.5 Å². The second-order valence-corrected chi connectivity index (χ2v) is 32.4. The predicted octanol–water partition coefficient (Wildman–Crippen LogP) is 10.7. The zero-order valence-electron chi connectivity index (χ0n) is 70.0. The average Bonchev–Trinajstić information content (AvgIpc) is 1.24. The van der Waals surface area contributed by atoms with Gasteiger partial charge in [0.2, 0.25) is 13.1 Å². The Morgan fingerprint density at radius 2 is 0.896 bits per heavy atom. The lowest BCUT2D eigenvalue weighted by atomic mass is 10.0. The molecule has 2 aromatic carbocycles. The van der Waals surface area contributed by atoms with Crippen LogP contribution in [0.3, 0.4) is 0 Å². The van der Waals surface area contributed by atoms with Crippen molar-refractivity contribution in [1.82, 2.24) is 30.0 Å². The third-order valence-electron chi connectivity index (χ3n) is 18.5. The molecule has 30 nitrogen and oxygen atoms in total. The standard InChI is InChI=1S/C41H58N4O10.C24H35N3O7.C17H25NO4.CH3BOP/c1-27(2)22-32(38(48)53-28(3)37(47)52-26-30-12-10-9-11-13-30)43(7)36(46)34(24-31-16-17-35(42-25-31)45-18-20-51-21-19-45)54-39(49)33(23-29-14-15-29)44(8)40(50)55-41(4,5)6;1-24(2,3)34-23(31)26(4)18(13-16-5-6-16)22(30)33-19(21(28)29)14-17-7-8-20(25-15-17)27-9-11-32-12-10-27;1-12(2)10-15(18-4)17(20)22-13(3)16(19)21-11-14-8-6-5-7-9-14;1-2-4-3/h9-13,16-17,25,27-29,32-34H,14-15,18-24,26H2,1-8H3;7-8,15-16,18-19H,5-6,9-14H2,1-4H3,(H,28,29);5-9,12-13,15,18H,10-11H2,1-4H3;1H3/t28-,32+,33+,34-;18-,19+;13-,15+;/m101./s1. The van der Waals surface area contributed by atoms with E-state index in [1.54, 1.807) is 80.9 Å². The first-order valence-corrected chi connectivity index (χ1v) is 40.3. The van der Waals surface area contributed by atoms with Gasteiger partial charge in [0.15, 0.2) is 18.3 Å². The Morgan fingerprint density at radius 1 is 0.522 bits per heavy atom. The Balaban J connectivity index is 0.000000332. The molecule has 0 bridgehead atoms. The number of ether oxygens (including phenoxy) is 10. The lowest BCUT2D eigenvalue weighted by Gasteiger charge is -2.33. The van der Waals surface area contributed by atoms with Crippen LogP contribution in [0, 0.1) is 23.7 Å². The molecule has 1 radical (unpaired) electrons. The van der Waals surface area contributed by atoms with Gasteiger partial charge in [0, 0.05) is 72.6 Å². The van der Waals surface area contributed by atoms with Crippen molar-refractivity contribution in [1.29, 1.82) is 0 Å². The van der Waals surface area contributed by atoms with E-state index in [1.807, 2.05) is 107 Å². The molecule has 32 heteroatoms. The van der Waals surface area contributed by atoms with Crippen LogP contribution in [0.1, 0.15) is 157 Å². The summed E-state index contributed by atoms with van der Waals surface area (Å²) >= 11 is 0. The molecule has 4 aliphatic rings. The molecular weight excluding hydrogens is 1500 g/mol. The summed E-state index contributed by atoms with van der Waals surface area (Å²) in [6, 6.07) is 22.3. The van der Waals surface area contributed by atoms with Crippen molar-refractivity contribution in [3.8, 4) is 0 Å². The molecule has 2 aromatic heterocycles. The van der Waals surface area contributed by atoms with Crippen LogP contribution in [-0.4, -0.2) is 237 Å². The van der Waals surface area contributed by atoms with Gasteiger partial charge >= 0.3 is 54.0 Å². The number of amides is 3. The largest absolute Gasteiger partial charge is 0.478 e. The molecule has 3 amide bonds. The number of esters is 6. The maximum Gasteiger partial charge on any atom is 0.410 e. The Hall–Kier alpha value is -9.32. The Kier molecular flexibility index (Phi) is 40.4. The van der Waals surface area contributed by atoms with Gasteiger partial charge in [-0.05, 0) is 146 Å². The van der Waals surface area contributed by atoms with Gasteiger partial charge in [0.25, 0.3) is 5.91 Å². The van der Waals surface area contributed by atoms with E-state index < -0.39 is 120 Å². The number of carbonyl (C=O) groups excluding carboxylic acids is 9. The quantitative estimate of drug-likeness (QED) is 0.0187. The molecule has 4 heterocycles. The molecule has 8 atom stereocenters. The first-order valence-electron chi connectivity index (χ1n) is 39.4. The third-order valence-corrected chi connectivity index (χ3v) is 18.7. The second-order valence-electron chi connectivity index (χ2n) is 31.7. The van der Waals surface area contributed by atoms with Gasteiger partial charge in [-0.1, -0.05) is 133 Å². The van der Waals surface area contributed by atoms with Gasteiger partial charge in [0.05, 0.1) is 34.8 Å². The number of aromatic nitrogens is 2. The fourth-order valence-electron chi connectivity index (χ4n) is 11.7. The van der Waals surface area contributed by atoms with E-state index in [4.69, 9.17) is 47.4 Å². The van der Waals surface area contributed by atoms with Crippen LogP contribution in [0.25, 0.3) is 0 Å². The zero-order valence-corrected chi connectivity index (χ0v) is 70.9. The lowest BCUT2D eigenvalue weighted by Crippen LogP contribution is -2.52. The van der Waals surface area contributed by atoms with E-state index in [-0.39, 0.29) is 52.7 Å². The van der Waals surface area contributed by atoms with Crippen LogP contribution in [0.15, 0.2) is 97.3 Å². The van der Waals surface area contributed by atoms with Gasteiger partial charge in [-0.25, -0.2) is 48.3 Å². The number of carboxylic acids is 1. The summed E-state index contributed by atoms with van der Waals surface area (Å²) in [6.07, 6.45) is 2.26. The minimum absolute atomic E-state index is 0.00949. The Bertz CT molecular complexity index is 3700. The van der Waals surface area contributed by atoms with Crippen molar-refractivity contribution in [2.45, 2.75) is 227 Å². The smallest absolute Gasteiger partial charge is 0.410 e. The predicted molar refractivity (Wildman–Crippen MR) is 431 cm³/mol. The Labute approximate surface area is 679 Å². The highest BCUT2D eigenvalue weighted by Gasteiger charge is 2.43. The number of likely N-dealkylation sites (N-methyl/N-ethyl adjacent to an activating group) is 4. The number of nitrogens with zero attached hydrogens (tertiary/aromatic N) is 7. The number of morpholine rings is 2. The van der Waals surface area contributed by atoms with Gasteiger partial charge in [-0.2, -0.15) is 0 Å². The summed E-state index contributed by atoms with van der Waals surface area (Å²) in [6.45, 7) is 30.0. The molecule has 115 heavy (non-hydrogen) atoms. The van der Waals surface area contributed by atoms with E-state index in [1.165, 1.54) is 49.7 Å². The monoisotopic (exact) mass is 1620 g/mol. The van der Waals surface area contributed by atoms with Crippen LogP contribution >= 0.6 is 8.34 Å². The number of carboxylic acid groups (broad SMARTS) is 1. The first kappa shape index (κ1) is 96.3. The molecule has 0 unspecified atom stereocenters. The average molecular weight is 1620 g/mol. The fourth-order valence-corrected chi connectivity index (χ4v) is 11.7. The van der Waals surface area contributed by atoms with Gasteiger partial charge in [-0.3, -0.25) is 24.0 Å². The lowest BCUT2D eigenvalue weighted by molar-refractivity contribution is -0.174. The van der Waals surface area contributed by atoms with Crippen LogP contribution in [0.4, 0.5) is 21.2 Å². The van der Waals surface area contributed by atoms with Crippen molar-refractivity contribution in [2.75, 3.05) is 90.6 Å². The number of anilines is 2. The summed E-state index contributed by atoms with van der Waals surface area (Å²) in [7, 11) is 6.24. The molecule has 2 aliphatic heterocycles. The molecule has 2 saturated heterocycles. The number of carbonyl (C=O) groups is 10. The second kappa shape index (κ2) is 48.3. The van der Waals surface area contributed by atoms with Crippen molar-refractivity contribution in [3.05, 3.63) is 120 Å². The highest BCUT2D eigenvalue weighted by Crippen LogP contribution is 2.37. The van der Waals surface area contributed by atoms with E-state index in [9.17, 15) is 57.6 Å². The minimum atomic E-state index is -1.39. The fraction of sp³-hybridized carbons (Fsp3) is 0.614. The van der Waals surface area contributed by atoms with Crippen LogP contribution < -0.4 is 15.1 Å². The van der Waals surface area contributed by atoms with Crippen molar-refractivity contribution in [2.24, 2.45) is 23.7 Å². The maximum atomic E-state index is 14.5. The maximum absolute atomic E-state index is 14.5. The van der Waals surface area contributed by atoms with Gasteiger partial charge < -0.3 is 72.5 Å². The number of benzene rings is 2. The van der Waals surface area contributed by atoms with Gasteiger partial charge in [0.1, 0.15) is 60.2 Å². The highest BCUT2D eigenvalue weighted by atomic mass is 31.1. The van der Waals surface area contributed by atoms with Crippen molar-refractivity contribution < 1.29 is 105 Å². The number of hydrogen-bond donors (Lipinski definition) is 2. The number of nitrogens with one attached hydrogen (secondary N) is 1. The summed E-state index contributed by atoms with van der Waals surface area (Å²) in [5, 5.41) is 12.6. The number of pyridine rings is 2. The number of aliphatic carboxylic acids is 1. The summed E-state index contributed by atoms with van der Waals surface area (Å²) in [5.74, 6) is -3.55. The molecule has 4 aromatic rings. The summed E-state index contributed by atoms with van der Waals surface area (Å²) in [5.41, 5.74) is 1.41. The van der Waals surface area contributed by atoms with E-state index in [0.29, 0.717) is 81.7 Å². The summed E-state index contributed by atoms with van der Waals surface area (Å²) < 4.78 is 63.7. The Morgan fingerprint density at radius 3 is 1.23 bits per heavy atom. The van der Waals surface area contributed by atoms with Crippen LogP contribution in [0.2, 0.25) is 6.82 Å². The molecular formula is C83H121BN8O22P. The van der Waals surface area contributed by atoms with E-state index in [2.05, 4.69) is 25.1 Å². The van der Waals surface area contributed by atoms with Crippen LogP contribution in [-0.2, 0) is 116 Å². The highest BCUT2D eigenvalue weighted by molar-refractivity contribution is 7.60. The molecule has 633 valence electrons. The molecule has 2 N–H and O–H groups in total. The van der Waals surface area contributed by atoms with Gasteiger partial charge in [-0.15, -0.1) is 0 Å². The molecule has 2 saturated carbocycles. The minimum Gasteiger partial charge on any atom is -0.478 e. The molecule has 8 rings (SSSR count). The topological polar surface area (TPSA) is 354 Å².